The van der Waals surface area contributed by atoms with Gasteiger partial charge in [-0.2, -0.15) is 0 Å². The van der Waals surface area contributed by atoms with Crippen molar-refractivity contribution in [3.63, 3.8) is 0 Å². The van der Waals surface area contributed by atoms with Crippen molar-refractivity contribution >= 4 is 46.4 Å². The van der Waals surface area contributed by atoms with Crippen LogP contribution in [-0.4, -0.2) is 26.0 Å². The highest BCUT2D eigenvalue weighted by molar-refractivity contribution is 6.44. The van der Waals surface area contributed by atoms with E-state index in [1.54, 1.807) is 24.3 Å². The smallest absolute Gasteiger partial charge is 0.314 e. The Bertz CT molecular complexity index is 763. The molecule has 0 spiro atoms. The minimum absolute atomic E-state index is 0.259. The van der Waals surface area contributed by atoms with Crippen molar-refractivity contribution in [2.45, 2.75) is 0 Å². The molecular formula is C16H14Cl2N2O4. The van der Waals surface area contributed by atoms with Gasteiger partial charge < -0.3 is 20.1 Å². The van der Waals surface area contributed by atoms with Crippen molar-refractivity contribution in [3.05, 3.63) is 46.4 Å². The fourth-order valence-corrected chi connectivity index (χ4v) is 2.22. The topological polar surface area (TPSA) is 76.7 Å². The Balaban J connectivity index is 2.13. The van der Waals surface area contributed by atoms with Gasteiger partial charge in [0.2, 0.25) is 0 Å². The zero-order valence-corrected chi connectivity index (χ0v) is 14.4. The second kappa shape index (κ2) is 7.90. The zero-order valence-electron chi connectivity index (χ0n) is 12.9. The number of methoxy groups -OCH3 is 2. The SMILES string of the molecule is COc1cc(NC(=O)C(=O)Nc2ccc(Cl)cc2)c(OC)cc1Cl. The third-order valence-corrected chi connectivity index (χ3v) is 3.58. The molecule has 0 aliphatic rings. The molecule has 2 N–H and O–H groups in total. The highest BCUT2D eigenvalue weighted by Gasteiger charge is 2.18. The molecule has 0 saturated carbocycles. The number of carbonyl (C=O) groups is 2. The van der Waals surface area contributed by atoms with Crippen molar-refractivity contribution in [3.8, 4) is 11.5 Å². The average Bonchev–Trinajstić information content (AvgIpc) is 2.57. The van der Waals surface area contributed by atoms with Crippen molar-refractivity contribution in [1.82, 2.24) is 0 Å². The van der Waals surface area contributed by atoms with Crippen LogP contribution >= 0.6 is 23.2 Å². The number of rotatable bonds is 4. The van der Waals surface area contributed by atoms with Gasteiger partial charge in [0.1, 0.15) is 11.5 Å². The van der Waals surface area contributed by atoms with Crippen LogP contribution in [0.4, 0.5) is 11.4 Å². The van der Waals surface area contributed by atoms with E-state index in [1.165, 1.54) is 26.4 Å². The van der Waals surface area contributed by atoms with E-state index >= 15 is 0 Å². The molecule has 0 aliphatic heterocycles. The van der Waals surface area contributed by atoms with E-state index in [2.05, 4.69) is 10.6 Å². The van der Waals surface area contributed by atoms with Crippen LogP contribution in [0.3, 0.4) is 0 Å². The van der Waals surface area contributed by atoms with Gasteiger partial charge in [0.25, 0.3) is 0 Å². The third-order valence-electron chi connectivity index (χ3n) is 3.03. The second-order valence-corrected chi connectivity index (χ2v) is 5.45. The van der Waals surface area contributed by atoms with E-state index in [1.807, 2.05) is 0 Å². The molecule has 0 radical (unpaired) electrons. The predicted molar refractivity (Wildman–Crippen MR) is 93.3 cm³/mol. The summed E-state index contributed by atoms with van der Waals surface area (Å²) in [5.74, 6) is -1.07. The maximum Gasteiger partial charge on any atom is 0.314 e. The molecule has 0 heterocycles. The number of halogens is 2. The van der Waals surface area contributed by atoms with Gasteiger partial charge in [-0.3, -0.25) is 9.59 Å². The Kier molecular flexibility index (Phi) is 5.89. The van der Waals surface area contributed by atoms with Crippen LogP contribution in [0.15, 0.2) is 36.4 Å². The van der Waals surface area contributed by atoms with Crippen molar-refractivity contribution in [2.75, 3.05) is 24.9 Å². The Morgan fingerprint density at radius 1 is 0.875 bits per heavy atom. The normalized spacial score (nSPS) is 10.0. The molecule has 0 unspecified atom stereocenters. The van der Waals surface area contributed by atoms with E-state index in [9.17, 15) is 9.59 Å². The number of nitrogens with one attached hydrogen (secondary N) is 2. The van der Waals surface area contributed by atoms with Crippen LogP contribution < -0.4 is 20.1 Å². The first-order chi connectivity index (χ1) is 11.4. The molecule has 0 aromatic heterocycles. The van der Waals surface area contributed by atoms with Crippen LogP contribution in [-0.2, 0) is 9.59 Å². The van der Waals surface area contributed by atoms with Crippen LogP contribution in [0.25, 0.3) is 0 Å². The maximum atomic E-state index is 12.1. The number of hydrogen-bond donors (Lipinski definition) is 2. The summed E-state index contributed by atoms with van der Waals surface area (Å²) in [5.41, 5.74) is 0.704. The van der Waals surface area contributed by atoms with Crippen LogP contribution in [0.1, 0.15) is 0 Å². The average molecular weight is 369 g/mol. The molecule has 0 atom stereocenters. The predicted octanol–water partition coefficient (Wildman–Crippen LogP) is 3.59. The molecule has 8 heteroatoms. The Hall–Kier alpha value is -2.44. The highest BCUT2D eigenvalue weighted by Crippen LogP contribution is 2.35. The first-order valence-corrected chi connectivity index (χ1v) is 7.49. The van der Waals surface area contributed by atoms with Gasteiger partial charge in [-0.1, -0.05) is 23.2 Å². The summed E-state index contributed by atoms with van der Waals surface area (Å²) in [6, 6.07) is 9.31. The van der Waals surface area contributed by atoms with E-state index in [-0.39, 0.29) is 5.69 Å². The van der Waals surface area contributed by atoms with Crippen LogP contribution in [0.2, 0.25) is 10.0 Å². The molecule has 0 aliphatic carbocycles. The zero-order chi connectivity index (χ0) is 17.7. The lowest BCUT2D eigenvalue weighted by Crippen LogP contribution is -2.29. The van der Waals surface area contributed by atoms with Gasteiger partial charge in [0.05, 0.1) is 24.9 Å². The minimum atomic E-state index is -0.868. The van der Waals surface area contributed by atoms with Gasteiger partial charge in [-0.05, 0) is 24.3 Å². The molecule has 0 bridgehead atoms. The highest BCUT2D eigenvalue weighted by atomic mass is 35.5. The summed E-state index contributed by atoms with van der Waals surface area (Å²) in [4.78, 5) is 24.0. The summed E-state index contributed by atoms with van der Waals surface area (Å²) in [6.07, 6.45) is 0. The third kappa shape index (κ3) is 4.31. The van der Waals surface area contributed by atoms with Crippen molar-refractivity contribution in [1.29, 1.82) is 0 Å². The molecule has 2 rings (SSSR count). The first-order valence-electron chi connectivity index (χ1n) is 6.74. The van der Waals surface area contributed by atoms with Crippen LogP contribution in [0, 0.1) is 0 Å². The molecular weight excluding hydrogens is 355 g/mol. The fourth-order valence-electron chi connectivity index (χ4n) is 1.86. The Morgan fingerprint density at radius 2 is 1.46 bits per heavy atom. The van der Waals surface area contributed by atoms with Gasteiger partial charge >= 0.3 is 11.8 Å². The molecule has 0 saturated heterocycles. The number of ether oxygens (including phenoxy) is 2. The van der Waals surface area contributed by atoms with Crippen molar-refractivity contribution < 1.29 is 19.1 Å². The molecule has 2 aromatic rings. The number of benzene rings is 2. The lowest BCUT2D eigenvalue weighted by atomic mass is 10.2. The van der Waals surface area contributed by atoms with E-state index in [0.29, 0.717) is 27.2 Å². The summed E-state index contributed by atoms with van der Waals surface area (Å²) in [7, 11) is 2.86. The number of amides is 2. The maximum absolute atomic E-state index is 12.1. The molecule has 24 heavy (non-hydrogen) atoms. The van der Waals surface area contributed by atoms with Gasteiger partial charge in [0.15, 0.2) is 0 Å². The molecule has 2 aromatic carbocycles. The Labute approximate surface area is 148 Å². The summed E-state index contributed by atoms with van der Waals surface area (Å²) in [5, 5.41) is 5.75. The Morgan fingerprint density at radius 3 is 2.04 bits per heavy atom. The summed E-state index contributed by atoms with van der Waals surface area (Å²) >= 11 is 11.8. The van der Waals surface area contributed by atoms with Crippen LogP contribution in [0.5, 0.6) is 11.5 Å². The molecule has 2 amide bonds. The monoisotopic (exact) mass is 368 g/mol. The van der Waals surface area contributed by atoms with E-state index < -0.39 is 11.8 Å². The number of hydrogen-bond acceptors (Lipinski definition) is 4. The fraction of sp³-hybridized carbons (Fsp3) is 0.125. The molecule has 6 nitrogen and oxygen atoms in total. The molecule has 0 fully saturated rings. The van der Waals surface area contributed by atoms with Gasteiger partial charge in [-0.25, -0.2) is 0 Å². The van der Waals surface area contributed by atoms with Gasteiger partial charge in [0, 0.05) is 22.8 Å². The summed E-state index contributed by atoms with van der Waals surface area (Å²) in [6.45, 7) is 0. The number of carbonyl (C=O) groups excluding carboxylic acids is 2. The quantitative estimate of drug-likeness (QED) is 0.808. The number of anilines is 2. The standard InChI is InChI=1S/C16H14Cl2N2O4/c1-23-13-8-12(14(24-2)7-11(13)18)20-16(22)15(21)19-10-5-3-9(17)4-6-10/h3-8H,1-2H3,(H,19,21)(H,20,22). The lowest BCUT2D eigenvalue weighted by Gasteiger charge is -2.13. The largest absolute Gasteiger partial charge is 0.495 e. The molecule has 126 valence electrons. The first kappa shape index (κ1) is 17.9. The minimum Gasteiger partial charge on any atom is -0.495 e. The second-order valence-electron chi connectivity index (χ2n) is 4.60. The lowest BCUT2D eigenvalue weighted by molar-refractivity contribution is -0.133. The van der Waals surface area contributed by atoms with E-state index in [4.69, 9.17) is 32.7 Å². The summed E-state index contributed by atoms with van der Waals surface area (Å²) < 4.78 is 10.2. The van der Waals surface area contributed by atoms with Gasteiger partial charge in [-0.15, -0.1) is 0 Å². The van der Waals surface area contributed by atoms with E-state index in [0.717, 1.165) is 0 Å². The van der Waals surface area contributed by atoms with Crippen molar-refractivity contribution in [2.24, 2.45) is 0 Å².